The van der Waals surface area contributed by atoms with Gasteiger partial charge >= 0.3 is 5.97 Å². The zero-order chi connectivity index (χ0) is 29.3. The summed E-state index contributed by atoms with van der Waals surface area (Å²) in [7, 11) is 0. The number of aromatic nitrogens is 1. The van der Waals surface area contributed by atoms with Gasteiger partial charge in [-0.05, 0) is 48.2 Å². The summed E-state index contributed by atoms with van der Waals surface area (Å²) in [6, 6.07) is 23.4. The van der Waals surface area contributed by atoms with Crippen LogP contribution in [-0.4, -0.2) is 38.9 Å². The summed E-state index contributed by atoms with van der Waals surface area (Å²) in [6.07, 6.45) is 2.08. The maximum absolute atomic E-state index is 12.5. The lowest BCUT2D eigenvalue weighted by Gasteiger charge is -2.36. The van der Waals surface area contributed by atoms with Gasteiger partial charge in [-0.25, -0.2) is 4.98 Å². The number of unbranched alkanes of at least 4 members (excludes halogenated alkanes) is 2. The first kappa shape index (κ1) is 30.2. The van der Waals surface area contributed by atoms with Crippen molar-refractivity contribution in [3.63, 3.8) is 0 Å². The van der Waals surface area contributed by atoms with Gasteiger partial charge in [0.25, 0.3) is 0 Å². The average molecular weight is 607 g/mol. The Morgan fingerprint density at radius 3 is 2.55 bits per heavy atom. The molecule has 1 aliphatic rings. The van der Waals surface area contributed by atoms with Crippen LogP contribution >= 0.6 is 23.1 Å². The second-order valence-electron chi connectivity index (χ2n) is 10.2. The molecule has 1 aromatic heterocycles. The van der Waals surface area contributed by atoms with Crippen molar-refractivity contribution in [3.05, 3.63) is 89.5 Å². The molecule has 1 saturated heterocycles. The molecule has 2 heterocycles. The molecule has 42 heavy (non-hydrogen) atoms. The number of hydrogen-bond acceptors (Lipinski definition) is 8. The molecule has 0 radical (unpaired) electrons. The van der Waals surface area contributed by atoms with Crippen molar-refractivity contribution in [1.82, 2.24) is 4.98 Å². The molecule has 4 aromatic rings. The Morgan fingerprint density at radius 1 is 0.952 bits per heavy atom. The Bertz CT molecular complexity index is 1460. The number of carbonyl (C=O) groups excluding carboxylic acids is 1. The lowest BCUT2D eigenvalue weighted by atomic mass is 10.0. The quantitative estimate of drug-likeness (QED) is 0.109. The predicted octanol–water partition coefficient (Wildman–Crippen LogP) is 7.10. The van der Waals surface area contributed by atoms with Gasteiger partial charge in [-0.2, -0.15) is 0 Å². The molecule has 1 aliphatic heterocycles. The highest BCUT2D eigenvalue weighted by molar-refractivity contribution is 8.01. The number of nitrogens with one attached hydrogen (secondary N) is 1. The van der Waals surface area contributed by atoms with Crippen LogP contribution < -0.4 is 5.32 Å². The maximum atomic E-state index is 12.5. The van der Waals surface area contributed by atoms with Gasteiger partial charge in [0, 0.05) is 36.3 Å². The van der Waals surface area contributed by atoms with Gasteiger partial charge in [0.05, 0.1) is 29.0 Å². The number of aliphatic carboxylic acids is 1. The van der Waals surface area contributed by atoms with Gasteiger partial charge in [0.15, 0.2) is 10.6 Å². The molecule has 5 rings (SSSR count). The van der Waals surface area contributed by atoms with Crippen molar-refractivity contribution in [2.24, 2.45) is 0 Å². The van der Waals surface area contributed by atoms with E-state index in [1.165, 1.54) is 0 Å². The normalized spacial score (nSPS) is 18.6. The van der Waals surface area contributed by atoms with Crippen LogP contribution in [0.5, 0.6) is 0 Å². The van der Waals surface area contributed by atoms with Crippen molar-refractivity contribution in [3.8, 4) is 0 Å². The van der Waals surface area contributed by atoms with E-state index in [9.17, 15) is 14.7 Å². The summed E-state index contributed by atoms with van der Waals surface area (Å²) < 4.78 is 15.1. The number of thioether (sulfide) groups is 1. The molecule has 8 nitrogen and oxygen atoms in total. The highest BCUT2D eigenvalue weighted by atomic mass is 32.2. The molecule has 0 saturated carbocycles. The minimum atomic E-state index is -0.814. The van der Waals surface area contributed by atoms with E-state index in [0.29, 0.717) is 43.5 Å². The number of carboxylic acid groups (broad SMARTS) is 1. The Kier molecular flexibility index (Phi) is 10.6. The number of fused-ring (bicyclic) bond motifs is 1. The molecular formula is C32H34N2O6S2. The number of ether oxygens (including phenoxy) is 2. The van der Waals surface area contributed by atoms with E-state index in [0.717, 1.165) is 31.2 Å². The molecule has 3 N–H and O–H groups in total. The first-order chi connectivity index (χ1) is 20.5. The lowest BCUT2D eigenvalue weighted by molar-refractivity contribution is -0.245. The molecule has 220 valence electrons. The van der Waals surface area contributed by atoms with E-state index in [4.69, 9.17) is 19.6 Å². The number of anilines is 1. The standard InChI is InChI=1S/C32H34N2O6S2/c35-19-21-13-15-22(16-14-21)27-18-25(20-41-32-34-26-9-4-5-10-28(26)42-32)39-31(40-27)23-7-6-8-24(17-23)33-29(36)11-2-1-3-12-30(37)38/h4-10,13-17,25,27,31,35H,1-3,11-12,18-20H2,(H,33,36)(H,37,38). The van der Waals surface area contributed by atoms with E-state index in [2.05, 4.69) is 11.4 Å². The second-order valence-corrected chi connectivity index (χ2v) is 12.5. The molecule has 10 heteroatoms. The molecule has 3 unspecified atom stereocenters. The topological polar surface area (TPSA) is 118 Å². The fourth-order valence-corrected chi connectivity index (χ4v) is 6.94. The van der Waals surface area contributed by atoms with Crippen LogP contribution in [0.4, 0.5) is 5.69 Å². The smallest absolute Gasteiger partial charge is 0.303 e. The van der Waals surface area contributed by atoms with Crippen molar-refractivity contribution in [1.29, 1.82) is 0 Å². The molecule has 3 aromatic carbocycles. The Morgan fingerprint density at radius 2 is 1.76 bits per heavy atom. The number of carbonyl (C=O) groups is 2. The Labute approximate surface area is 253 Å². The summed E-state index contributed by atoms with van der Waals surface area (Å²) in [5.74, 6) is -0.214. The second kappa shape index (κ2) is 14.8. The van der Waals surface area contributed by atoms with Gasteiger partial charge in [0.1, 0.15) is 0 Å². The predicted molar refractivity (Wildman–Crippen MR) is 165 cm³/mol. The number of aliphatic hydroxyl groups is 1. The average Bonchev–Trinajstić information content (AvgIpc) is 3.43. The van der Waals surface area contributed by atoms with Crippen molar-refractivity contribution >= 4 is 50.9 Å². The summed E-state index contributed by atoms with van der Waals surface area (Å²) in [6.45, 7) is -0.0141. The third-order valence-corrected chi connectivity index (χ3v) is 9.33. The number of para-hydroxylation sites is 1. The third kappa shape index (κ3) is 8.39. The van der Waals surface area contributed by atoms with E-state index >= 15 is 0 Å². The van der Waals surface area contributed by atoms with Crippen LogP contribution in [0.15, 0.2) is 77.1 Å². The Balaban J connectivity index is 1.26. The summed E-state index contributed by atoms with van der Waals surface area (Å²) in [4.78, 5) is 27.9. The van der Waals surface area contributed by atoms with E-state index in [-0.39, 0.29) is 31.1 Å². The lowest BCUT2D eigenvalue weighted by Crippen LogP contribution is -2.31. The van der Waals surface area contributed by atoms with Crippen LogP contribution in [0.2, 0.25) is 0 Å². The number of thiazole rings is 1. The maximum Gasteiger partial charge on any atom is 0.303 e. The van der Waals surface area contributed by atoms with Crippen molar-refractivity contribution in [2.75, 3.05) is 11.1 Å². The SMILES string of the molecule is O=C(O)CCCCCC(=O)Nc1cccc(C2OC(CSc3nc4ccccc4s3)CC(c3ccc(CO)cc3)O2)c1. The molecule has 0 bridgehead atoms. The molecular weight excluding hydrogens is 572 g/mol. The van der Waals surface area contributed by atoms with Crippen LogP contribution in [0.3, 0.4) is 0 Å². The fourth-order valence-electron chi connectivity index (χ4n) is 4.82. The van der Waals surface area contributed by atoms with Gasteiger partial charge < -0.3 is 25.0 Å². The highest BCUT2D eigenvalue weighted by Gasteiger charge is 2.32. The van der Waals surface area contributed by atoms with Crippen molar-refractivity contribution in [2.45, 2.75) is 68.0 Å². The monoisotopic (exact) mass is 606 g/mol. The number of benzene rings is 3. The molecule has 1 fully saturated rings. The first-order valence-corrected chi connectivity index (χ1v) is 15.9. The highest BCUT2D eigenvalue weighted by Crippen LogP contribution is 2.40. The van der Waals surface area contributed by atoms with Gasteiger partial charge in [-0.15, -0.1) is 11.3 Å². The molecule has 0 spiro atoms. The van der Waals surface area contributed by atoms with Crippen LogP contribution in [0.25, 0.3) is 10.2 Å². The molecule has 1 amide bonds. The summed E-state index contributed by atoms with van der Waals surface area (Å²) in [5.41, 5.74) is 4.32. The zero-order valence-electron chi connectivity index (χ0n) is 23.1. The number of rotatable bonds is 13. The Hall–Kier alpha value is -3.28. The number of carboxylic acids is 1. The number of nitrogens with zero attached hydrogens (tertiary/aromatic N) is 1. The third-order valence-electron chi connectivity index (χ3n) is 7.02. The number of amides is 1. The number of aliphatic hydroxyl groups excluding tert-OH is 1. The minimum absolute atomic E-state index is 0.0141. The van der Waals surface area contributed by atoms with Crippen molar-refractivity contribution < 1.29 is 29.3 Å². The van der Waals surface area contributed by atoms with Gasteiger partial charge in [-0.3, -0.25) is 9.59 Å². The van der Waals surface area contributed by atoms with Crippen LogP contribution in [0.1, 0.15) is 67.6 Å². The fraction of sp³-hybridized carbons (Fsp3) is 0.344. The van der Waals surface area contributed by atoms with E-state index in [1.54, 1.807) is 23.1 Å². The minimum Gasteiger partial charge on any atom is -0.481 e. The van der Waals surface area contributed by atoms with Gasteiger partial charge in [-0.1, -0.05) is 66.7 Å². The summed E-state index contributed by atoms with van der Waals surface area (Å²) >= 11 is 3.36. The zero-order valence-corrected chi connectivity index (χ0v) is 24.7. The van der Waals surface area contributed by atoms with E-state index < -0.39 is 12.3 Å². The van der Waals surface area contributed by atoms with Gasteiger partial charge in [0.2, 0.25) is 5.91 Å². The largest absolute Gasteiger partial charge is 0.481 e. The first-order valence-electron chi connectivity index (χ1n) is 14.1. The number of hydrogen-bond donors (Lipinski definition) is 3. The van der Waals surface area contributed by atoms with E-state index in [1.807, 2.05) is 66.7 Å². The molecule has 0 aliphatic carbocycles. The summed E-state index contributed by atoms with van der Waals surface area (Å²) in [5, 5.41) is 21.2. The van der Waals surface area contributed by atoms with Crippen LogP contribution in [0, 0.1) is 0 Å². The van der Waals surface area contributed by atoms with Crippen LogP contribution in [-0.2, 0) is 25.7 Å². The molecule has 3 atom stereocenters.